The van der Waals surface area contributed by atoms with Crippen LogP contribution in [-0.2, 0) is 4.79 Å². The maximum absolute atomic E-state index is 12.6. The predicted molar refractivity (Wildman–Crippen MR) is 76.1 cm³/mol. The normalized spacial score (nSPS) is 30.1. The Balaban J connectivity index is 1.93. The molecule has 0 N–H and O–H groups in total. The van der Waals surface area contributed by atoms with Gasteiger partial charge in [0.15, 0.2) is 0 Å². The molecule has 2 saturated carbocycles. The fourth-order valence-corrected chi connectivity index (χ4v) is 4.12. The van der Waals surface area contributed by atoms with Gasteiger partial charge in [0.2, 0.25) is 5.91 Å². The lowest BCUT2D eigenvalue weighted by atomic mass is 9.67. The number of hydrogen-bond donors (Lipinski definition) is 0. The number of amides is 1. The summed E-state index contributed by atoms with van der Waals surface area (Å²) in [7, 11) is 0. The van der Waals surface area contributed by atoms with E-state index in [1.807, 2.05) is 0 Å². The first-order chi connectivity index (χ1) is 9.61. The molecule has 3 atom stereocenters. The fourth-order valence-electron chi connectivity index (χ4n) is 3.92. The summed E-state index contributed by atoms with van der Waals surface area (Å²) < 4.78 is 25.1. The van der Waals surface area contributed by atoms with E-state index in [4.69, 9.17) is 11.6 Å². The van der Waals surface area contributed by atoms with E-state index >= 15 is 0 Å². The summed E-state index contributed by atoms with van der Waals surface area (Å²) in [6, 6.07) is 0. The zero-order valence-corrected chi connectivity index (χ0v) is 12.6. The topological polar surface area (TPSA) is 20.3 Å². The van der Waals surface area contributed by atoms with Crippen LogP contribution < -0.4 is 0 Å². The van der Waals surface area contributed by atoms with Crippen molar-refractivity contribution in [1.29, 1.82) is 0 Å². The first kappa shape index (κ1) is 16.0. The first-order valence-corrected chi connectivity index (χ1v) is 8.28. The average Bonchev–Trinajstić information content (AvgIpc) is 2.45. The summed E-state index contributed by atoms with van der Waals surface area (Å²) in [5.74, 6) is 1.46. The average molecular weight is 308 g/mol. The molecule has 2 aliphatic rings. The maximum Gasteiger partial charge on any atom is 0.255 e. The second-order valence-electron chi connectivity index (χ2n) is 6.18. The highest BCUT2D eigenvalue weighted by atomic mass is 35.5. The van der Waals surface area contributed by atoms with Gasteiger partial charge in [0.05, 0.1) is 6.54 Å². The summed E-state index contributed by atoms with van der Waals surface area (Å²) in [4.78, 5) is 13.7. The van der Waals surface area contributed by atoms with E-state index < -0.39 is 13.0 Å². The van der Waals surface area contributed by atoms with Crippen LogP contribution in [0.15, 0.2) is 0 Å². The number of halogens is 3. The van der Waals surface area contributed by atoms with Gasteiger partial charge in [-0.3, -0.25) is 4.79 Å². The van der Waals surface area contributed by atoms with E-state index in [0.717, 1.165) is 25.2 Å². The molecule has 0 bridgehead atoms. The summed E-state index contributed by atoms with van der Waals surface area (Å²) in [6.45, 7) is -0.245. The van der Waals surface area contributed by atoms with E-state index in [0.29, 0.717) is 5.92 Å². The minimum Gasteiger partial charge on any atom is -0.336 e. The molecule has 2 aliphatic carbocycles. The van der Waals surface area contributed by atoms with Gasteiger partial charge in [-0.15, -0.1) is 11.6 Å². The van der Waals surface area contributed by atoms with Crippen LogP contribution >= 0.6 is 11.6 Å². The van der Waals surface area contributed by atoms with Crippen molar-refractivity contribution in [3.63, 3.8) is 0 Å². The minimum atomic E-state index is -2.48. The van der Waals surface area contributed by atoms with Crippen molar-refractivity contribution in [2.45, 2.75) is 51.4 Å². The van der Waals surface area contributed by atoms with Crippen LogP contribution in [-0.4, -0.2) is 36.2 Å². The fraction of sp³-hybridized carbons (Fsp3) is 0.933. The molecule has 1 amide bonds. The molecule has 0 radical (unpaired) electrons. The van der Waals surface area contributed by atoms with Gasteiger partial charge in [-0.25, -0.2) is 8.78 Å². The first-order valence-electron chi connectivity index (χ1n) is 7.74. The lowest BCUT2D eigenvalue weighted by Gasteiger charge is -2.40. The van der Waals surface area contributed by atoms with Gasteiger partial charge >= 0.3 is 0 Å². The number of carbonyl (C=O) groups is 1. The molecular formula is C15H24ClF2NO. The van der Waals surface area contributed by atoms with Crippen molar-refractivity contribution in [3.05, 3.63) is 0 Å². The molecule has 116 valence electrons. The maximum atomic E-state index is 12.6. The summed E-state index contributed by atoms with van der Waals surface area (Å²) in [5, 5.41) is 0. The van der Waals surface area contributed by atoms with Crippen LogP contribution in [0.4, 0.5) is 8.78 Å². The molecule has 3 unspecified atom stereocenters. The van der Waals surface area contributed by atoms with Crippen LogP contribution in [0.3, 0.4) is 0 Å². The zero-order valence-electron chi connectivity index (χ0n) is 11.9. The van der Waals surface area contributed by atoms with E-state index in [2.05, 4.69) is 0 Å². The molecule has 0 heterocycles. The van der Waals surface area contributed by atoms with Crippen molar-refractivity contribution < 1.29 is 13.6 Å². The Bertz CT molecular complexity index is 327. The Morgan fingerprint density at radius 3 is 2.50 bits per heavy atom. The summed E-state index contributed by atoms with van der Waals surface area (Å²) in [6.07, 6.45) is 5.42. The van der Waals surface area contributed by atoms with Gasteiger partial charge in [0, 0.05) is 18.3 Å². The third kappa shape index (κ3) is 4.06. The second-order valence-corrected chi connectivity index (χ2v) is 6.56. The molecule has 0 aromatic heterocycles. The monoisotopic (exact) mass is 307 g/mol. The number of nitrogens with zero attached hydrogens (tertiary/aromatic N) is 1. The Labute approximate surface area is 124 Å². The summed E-state index contributed by atoms with van der Waals surface area (Å²) in [5.41, 5.74) is 0. The molecule has 0 saturated heterocycles. The van der Waals surface area contributed by atoms with Crippen molar-refractivity contribution in [2.75, 3.05) is 19.0 Å². The van der Waals surface area contributed by atoms with Crippen molar-refractivity contribution in [3.8, 4) is 0 Å². The smallest absolute Gasteiger partial charge is 0.255 e. The highest BCUT2D eigenvalue weighted by Gasteiger charge is 2.36. The number of fused-ring (bicyclic) bond motifs is 1. The molecule has 0 aliphatic heterocycles. The Kier molecular flexibility index (Phi) is 6.06. The molecule has 5 heteroatoms. The van der Waals surface area contributed by atoms with Crippen molar-refractivity contribution >= 4 is 17.5 Å². The number of alkyl halides is 3. The molecule has 20 heavy (non-hydrogen) atoms. The molecule has 2 fully saturated rings. The lowest BCUT2D eigenvalue weighted by molar-refractivity contribution is -0.139. The van der Waals surface area contributed by atoms with Gasteiger partial charge in [-0.05, 0) is 31.1 Å². The molecule has 2 rings (SSSR count). The van der Waals surface area contributed by atoms with E-state index in [-0.39, 0.29) is 24.2 Å². The van der Waals surface area contributed by atoms with E-state index in [1.54, 1.807) is 0 Å². The molecule has 0 aromatic carbocycles. The minimum absolute atomic E-state index is 0.0590. The Morgan fingerprint density at radius 1 is 1.15 bits per heavy atom. The summed E-state index contributed by atoms with van der Waals surface area (Å²) >= 11 is 5.63. The quantitative estimate of drug-likeness (QED) is 0.705. The zero-order chi connectivity index (χ0) is 14.5. The van der Waals surface area contributed by atoms with Gasteiger partial charge < -0.3 is 4.90 Å². The van der Waals surface area contributed by atoms with Crippen LogP contribution in [0.2, 0.25) is 0 Å². The van der Waals surface area contributed by atoms with E-state index in [9.17, 15) is 13.6 Å². The standard InChI is InChI=1S/C15H24ClF2NO/c16-7-8-19(10-14(17)18)15(20)13-6-5-11-3-1-2-4-12(11)9-13/h11-14H,1-10H2. The highest BCUT2D eigenvalue weighted by molar-refractivity contribution is 6.18. The van der Waals surface area contributed by atoms with Crippen LogP contribution in [0.25, 0.3) is 0 Å². The Hall–Kier alpha value is -0.380. The molecule has 0 spiro atoms. The number of hydrogen-bond acceptors (Lipinski definition) is 1. The second kappa shape index (κ2) is 7.58. The highest BCUT2D eigenvalue weighted by Crippen LogP contribution is 2.43. The van der Waals surface area contributed by atoms with Gasteiger partial charge in [-0.1, -0.05) is 25.7 Å². The van der Waals surface area contributed by atoms with Crippen molar-refractivity contribution in [2.24, 2.45) is 17.8 Å². The number of rotatable bonds is 5. The van der Waals surface area contributed by atoms with Gasteiger partial charge in [0.1, 0.15) is 0 Å². The van der Waals surface area contributed by atoms with Gasteiger partial charge in [-0.2, -0.15) is 0 Å². The molecule has 0 aromatic rings. The third-order valence-corrected chi connectivity index (χ3v) is 5.08. The largest absolute Gasteiger partial charge is 0.336 e. The molecule has 2 nitrogen and oxygen atoms in total. The Morgan fingerprint density at radius 2 is 1.85 bits per heavy atom. The lowest BCUT2D eigenvalue weighted by Crippen LogP contribution is -2.43. The molecular weight excluding hydrogens is 284 g/mol. The van der Waals surface area contributed by atoms with Crippen LogP contribution in [0.1, 0.15) is 44.9 Å². The predicted octanol–water partition coefficient (Wildman–Crippen LogP) is 3.93. The number of carbonyl (C=O) groups excluding carboxylic acids is 1. The van der Waals surface area contributed by atoms with Crippen LogP contribution in [0.5, 0.6) is 0 Å². The van der Waals surface area contributed by atoms with Crippen molar-refractivity contribution in [1.82, 2.24) is 4.90 Å². The van der Waals surface area contributed by atoms with E-state index in [1.165, 1.54) is 30.6 Å². The van der Waals surface area contributed by atoms with Crippen LogP contribution in [0, 0.1) is 17.8 Å². The third-order valence-electron chi connectivity index (χ3n) is 4.91. The SMILES string of the molecule is O=C(C1CCC2CCCCC2C1)N(CCCl)CC(F)F. The van der Waals surface area contributed by atoms with Gasteiger partial charge in [0.25, 0.3) is 6.43 Å².